The molecule has 35 heavy (non-hydrogen) atoms. The van der Waals surface area contributed by atoms with Gasteiger partial charge in [0.05, 0.1) is 25.4 Å². The quantitative estimate of drug-likeness (QED) is 0.276. The number of carbonyl (C=O) groups is 1. The van der Waals surface area contributed by atoms with Gasteiger partial charge in [-0.1, -0.05) is 12.1 Å². The lowest BCUT2D eigenvalue weighted by Crippen LogP contribution is -2.48. The predicted octanol–water partition coefficient (Wildman–Crippen LogP) is 3.94. The maximum atomic E-state index is 12.6. The van der Waals surface area contributed by atoms with E-state index in [4.69, 9.17) is 9.47 Å². The van der Waals surface area contributed by atoms with Crippen LogP contribution in [-0.4, -0.2) is 66.0 Å². The molecule has 7 nitrogen and oxygen atoms in total. The molecule has 0 aliphatic carbocycles. The fourth-order valence-electron chi connectivity index (χ4n) is 4.44. The van der Waals surface area contributed by atoms with Gasteiger partial charge in [0, 0.05) is 18.5 Å². The summed E-state index contributed by atoms with van der Waals surface area (Å²) in [4.78, 5) is 14.9. The fourth-order valence-corrected chi connectivity index (χ4v) is 4.44. The van der Waals surface area contributed by atoms with Gasteiger partial charge in [0.2, 0.25) is 0 Å². The topological polar surface area (TPSA) is 91.3 Å². The zero-order valence-electron chi connectivity index (χ0n) is 21.2. The second kappa shape index (κ2) is 13.6. The third-order valence-corrected chi connectivity index (χ3v) is 6.33. The second-order valence-electron chi connectivity index (χ2n) is 9.52. The van der Waals surface area contributed by atoms with Gasteiger partial charge >= 0.3 is 0 Å². The highest BCUT2D eigenvalue weighted by atomic mass is 16.5. The van der Waals surface area contributed by atoms with Gasteiger partial charge in [-0.25, -0.2) is 0 Å². The molecule has 0 radical (unpaired) electrons. The summed E-state index contributed by atoms with van der Waals surface area (Å²) in [6, 6.07) is 14.2. The van der Waals surface area contributed by atoms with Crippen molar-refractivity contribution in [1.29, 1.82) is 0 Å². The lowest BCUT2D eigenvalue weighted by molar-refractivity contribution is 0.0464. The molecule has 0 saturated carbocycles. The highest BCUT2D eigenvalue weighted by Gasteiger charge is 2.27. The summed E-state index contributed by atoms with van der Waals surface area (Å²) in [5.74, 6) is 1.52. The third-order valence-electron chi connectivity index (χ3n) is 6.33. The van der Waals surface area contributed by atoms with Gasteiger partial charge < -0.3 is 24.6 Å². The SMILES string of the molecule is COc1ccc([C@@H](O)[C@@H](CN2CCCC2)NC(O)CCCC(=O)c2ccc(OC(C)C)cc2)cc1. The van der Waals surface area contributed by atoms with E-state index in [-0.39, 0.29) is 17.9 Å². The Morgan fingerprint density at radius 2 is 1.63 bits per heavy atom. The van der Waals surface area contributed by atoms with E-state index in [1.54, 1.807) is 19.2 Å². The summed E-state index contributed by atoms with van der Waals surface area (Å²) in [6.07, 6.45) is 2.12. The summed E-state index contributed by atoms with van der Waals surface area (Å²) in [7, 11) is 1.61. The van der Waals surface area contributed by atoms with E-state index in [2.05, 4.69) is 10.2 Å². The van der Waals surface area contributed by atoms with Crippen LogP contribution < -0.4 is 14.8 Å². The zero-order chi connectivity index (χ0) is 25.2. The van der Waals surface area contributed by atoms with Crippen LogP contribution in [0.4, 0.5) is 0 Å². The van der Waals surface area contributed by atoms with E-state index in [1.165, 1.54) is 0 Å². The average Bonchev–Trinajstić information content (AvgIpc) is 3.36. The van der Waals surface area contributed by atoms with E-state index in [0.717, 1.165) is 43.0 Å². The molecule has 2 aromatic carbocycles. The molecule has 1 aliphatic heterocycles. The molecule has 0 bridgehead atoms. The summed E-state index contributed by atoms with van der Waals surface area (Å²) >= 11 is 0. The number of hydrogen-bond donors (Lipinski definition) is 3. The van der Waals surface area contributed by atoms with Crippen molar-refractivity contribution >= 4 is 5.78 Å². The van der Waals surface area contributed by atoms with Crippen LogP contribution in [0.25, 0.3) is 0 Å². The lowest BCUT2D eigenvalue weighted by Gasteiger charge is -2.31. The van der Waals surface area contributed by atoms with E-state index in [1.807, 2.05) is 50.2 Å². The number of nitrogens with one attached hydrogen (secondary N) is 1. The summed E-state index contributed by atoms with van der Waals surface area (Å²) in [6.45, 7) is 6.57. The molecular weight excluding hydrogens is 444 g/mol. The minimum atomic E-state index is -0.815. The minimum absolute atomic E-state index is 0.0418. The number of aliphatic hydroxyl groups excluding tert-OH is 2. The Morgan fingerprint density at radius 1 is 1.00 bits per heavy atom. The molecule has 1 fully saturated rings. The number of likely N-dealkylation sites (tertiary alicyclic amines) is 1. The van der Waals surface area contributed by atoms with Crippen molar-refractivity contribution in [2.24, 2.45) is 0 Å². The molecule has 0 aromatic heterocycles. The van der Waals surface area contributed by atoms with Crippen LogP contribution in [0, 0.1) is 0 Å². The number of carbonyl (C=O) groups excluding carboxylic acids is 1. The molecule has 3 rings (SSSR count). The largest absolute Gasteiger partial charge is 0.497 e. The molecule has 192 valence electrons. The molecule has 7 heteroatoms. The maximum absolute atomic E-state index is 12.6. The number of ether oxygens (including phenoxy) is 2. The molecule has 0 spiro atoms. The summed E-state index contributed by atoms with van der Waals surface area (Å²) in [5, 5.41) is 25.0. The number of rotatable bonds is 14. The normalized spacial score (nSPS) is 16.7. The number of ketones is 1. The van der Waals surface area contributed by atoms with Crippen molar-refractivity contribution in [2.75, 3.05) is 26.7 Å². The zero-order valence-corrected chi connectivity index (χ0v) is 21.2. The minimum Gasteiger partial charge on any atom is -0.497 e. The van der Waals surface area contributed by atoms with Gasteiger partial charge in [0.1, 0.15) is 17.7 Å². The Balaban J connectivity index is 1.52. The first kappa shape index (κ1) is 27.1. The van der Waals surface area contributed by atoms with Crippen molar-refractivity contribution < 1.29 is 24.5 Å². The highest BCUT2D eigenvalue weighted by molar-refractivity contribution is 5.96. The summed E-state index contributed by atoms with van der Waals surface area (Å²) in [5.41, 5.74) is 1.42. The van der Waals surface area contributed by atoms with Gasteiger partial charge in [-0.05, 0) is 94.6 Å². The van der Waals surface area contributed by atoms with E-state index in [9.17, 15) is 15.0 Å². The van der Waals surface area contributed by atoms with Crippen LogP contribution in [0.3, 0.4) is 0 Å². The van der Waals surface area contributed by atoms with Gasteiger partial charge in [0.15, 0.2) is 5.78 Å². The second-order valence-corrected chi connectivity index (χ2v) is 9.52. The van der Waals surface area contributed by atoms with Gasteiger partial charge in [-0.15, -0.1) is 0 Å². The predicted molar refractivity (Wildman–Crippen MR) is 137 cm³/mol. The molecule has 1 aliphatic rings. The monoisotopic (exact) mass is 484 g/mol. The Kier molecular flexibility index (Phi) is 10.5. The van der Waals surface area contributed by atoms with Crippen LogP contribution in [-0.2, 0) is 0 Å². The Bertz CT molecular complexity index is 895. The molecule has 3 N–H and O–H groups in total. The Morgan fingerprint density at radius 3 is 2.23 bits per heavy atom. The first-order valence-electron chi connectivity index (χ1n) is 12.6. The number of nitrogens with zero attached hydrogens (tertiary/aromatic N) is 1. The average molecular weight is 485 g/mol. The molecule has 3 atom stereocenters. The Labute approximate surface area is 209 Å². The molecular formula is C28H40N2O5. The van der Waals surface area contributed by atoms with Crippen molar-refractivity contribution in [2.45, 2.75) is 70.4 Å². The smallest absolute Gasteiger partial charge is 0.162 e. The van der Waals surface area contributed by atoms with Gasteiger partial charge in [-0.2, -0.15) is 0 Å². The summed E-state index contributed by atoms with van der Waals surface area (Å²) < 4.78 is 10.8. The third kappa shape index (κ3) is 8.61. The lowest BCUT2D eigenvalue weighted by atomic mass is 10.0. The molecule has 1 unspecified atom stereocenters. The van der Waals surface area contributed by atoms with Crippen molar-refractivity contribution in [3.8, 4) is 11.5 Å². The highest BCUT2D eigenvalue weighted by Crippen LogP contribution is 2.23. The van der Waals surface area contributed by atoms with Crippen LogP contribution >= 0.6 is 0 Å². The van der Waals surface area contributed by atoms with E-state index in [0.29, 0.717) is 31.4 Å². The first-order valence-corrected chi connectivity index (χ1v) is 12.6. The number of benzene rings is 2. The van der Waals surface area contributed by atoms with Crippen molar-refractivity contribution in [1.82, 2.24) is 10.2 Å². The van der Waals surface area contributed by atoms with Crippen LogP contribution in [0.15, 0.2) is 48.5 Å². The molecule has 1 saturated heterocycles. The van der Waals surface area contributed by atoms with Gasteiger partial charge in [0.25, 0.3) is 0 Å². The van der Waals surface area contributed by atoms with Crippen LogP contribution in [0.2, 0.25) is 0 Å². The molecule has 2 aromatic rings. The number of Topliss-reactive ketones (excluding diaryl/α,β-unsaturated/α-hetero) is 1. The number of aliphatic hydroxyl groups is 2. The fraction of sp³-hybridized carbons (Fsp3) is 0.536. The first-order chi connectivity index (χ1) is 16.9. The van der Waals surface area contributed by atoms with E-state index < -0.39 is 12.3 Å². The number of methoxy groups -OCH3 is 1. The maximum Gasteiger partial charge on any atom is 0.162 e. The van der Waals surface area contributed by atoms with Crippen molar-refractivity contribution in [3.63, 3.8) is 0 Å². The Hall–Kier alpha value is -2.45. The van der Waals surface area contributed by atoms with Gasteiger partial charge in [-0.3, -0.25) is 10.1 Å². The molecule has 1 heterocycles. The standard InChI is InChI=1S/C28H40N2O5/c1-20(2)35-24-15-9-21(10-16-24)26(31)7-6-8-27(32)29-25(19-30-17-4-5-18-30)28(33)22-11-13-23(34-3)14-12-22/h9-16,20,25,27-29,32-33H,4-8,17-19H2,1-3H3/t25-,27?,28-/m1/s1. The molecule has 0 amide bonds. The van der Waals surface area contributed by atoms with Crippen LogP contribution in [0.5, 0.6) is 11.5 Å². The van der Waals surface area contributed by atoms with E-state index >= 15 is 0 Å². The van der Waals surface area contributed by atoms with Crippen LogP contribution in [0.1, 0.15) is 68.0 Å². The van der Waals surface area contributed by atoms with Crippen molar-refractivity contribution in [3.05, 3.63) is 59.7 Å². The number of hydrogen-bond acceptors (Lipinski definition) is 7.